The first kappa shape index (κ1) is 28.8. The summed E-state index contributed by atoms with van der Waals surface area (Å²) in [6.45, 7) is 0. The predicted octanol–water partition coefficient (Wildman–Crippen LogP) is 13.0. The quantitative estimate of drug-likeness (QED) is 0.185. The first-order valence-corrected chi connectivity index (χ1v) is 18.7. The van der Waals surface area contributed by atoms with Crippen LogP contribution in [0, 0.1) is 0 Å². The van der Waals surface area contributed by atoms with Crippen molar-refractivity contribution in [1.29, 1.82) is 0 Å². The second kappa shape index (κ2) is 10.8. The maximum Gasteiger partial charge on any atom is 0.235 e. The number of hydrogen-bond acceptors (Lipinski definition) is 3. The van der Waals surface area contributed by atoms with Crippen LogP contribution in [0.5, 0.6) is 0 Å². The van der Waals surface area contributed by atoms with Crippen LogP contribution in [0.15, 0.2) is 170 Å². The average Bonchev–Trinajstić information content (AvgIpc) is 3.87. The lowest BCUT2D eigenvalue weighted by Crippen LogP contribution is -2.03. The Bertz CT molecular complexity index is 3460. The molecule has 0 spiro atoms. The van der Waals surface area contributed by atoms with Crippen molar-refractivity contribution in [2.24, 2.45) is 0 Å². The van der Waals surface area contributed by atoms with E-state index in [4.69, 9.17) is 9.97 Å². The van der Waals surface area contributed by atoms with Gasteiger partial charge in [-0.1, -0.05) is 121 Å². The maximum absolute atomic E-state index is 5.59. The molecule has 8 aromatic carbocycles. The van der Waals surface area contributed by atoms with Gasteiger partial charge in [0.15, 0.2) is 0 Å². The van der Waals surface area contributed by atoms with Gasteiger partial charge in [-0.25, -0.2) is 9.97 Å². The second-order valence-electron chi connectivity index (χ2n) is 13.8. The van der Waals surface area contributed by atoms with Gasteiger partial charge in [0.2, 0.25) is 5.95 Å². The molecule has 0 radical (unpaired) electrons. The fourth-order valence-corrected chi connectivity index (χ4v) is 9.69. The molecule has 0 aliphatic rings. The Kier molecular flexibility index (Phi) is 5.90. The van der Waals surface area contributed by atoms with Gasteiger partial charge in [-0.15, -0.1) is 11.3 Å². The molecule has 0 saturated heterocycles. The minimum atomic E-state index is 0.672. The molecule has 4 heterocycles. The number of rotatable bonds is 3. The van der Waals surface area contributed by atoms with E-state index >= 15 is 0 Å². The van der Waals surface area contributed by atoms with Crippen LogP contribution >= 0.6 is 11.3 Å². The third-order valence-electron chi connectivity index (χ3n) is 10.9. The zero-order valence-corrected chi connectivity index (χ0v) is 29.2. The molecule has 246 valence electrons. The van der Waals surface area contributed by atoms with Crippen molar-refractivity contribution in [3.63, 3.8) is 0 Å². The molecule has 12 aromatic rings. The van der Waals surface area contributed by atoms with E-state index in [1.165, 1.54) is 53.3 Å². The lowest BCUT2D eigenvalue weighted by atomic mass is 10.0. The van der Waals surface area contributed by atoms with Crippen LogP contribution in [0.3, 0.4) is 0 Å². The highest BCUT2D eigenvalue weighted by molar-refractivity contribution is 7.26. The average molecular weight is 693 g/mol. The van der Waals surface area contributed by atoms with Crippen molar-refractivity contribution in [3.8, 4) is 22.9 Å². The lowest BCUT2D eigenvalue weighted by molar-refractivity contribution is 1.02. The first-order chi connectivity index (χ1) is 26.3. The third kappa shape index (κ3) is 4.11. The smallest absolute Gasteiger partial charge is 0.235 e. The molecule has 0 aliphatic carbocycles. The molecule has 4 nitrogen and oxygen atoms in total. The molecule has 53 heavy (non-hydrogen) atoms. The molecule has 12 rings (SSSR count). The van der Waals surface area contributed by atoms with E-state index in [9.17, 15) is 0 Å². The van der Waals surface area contributed by atoms with Gasteiger partial charge < -0.3 is 4.57 Å². The van der Waals surface area contributed by atoms with Gasteiger partial charge in [-0.05, 0) is 70.1 Å². The summed E-state index contributed by atoms with van der Waals surface area (Å²) in [5, 5.41) is 10.9. The molecular formula is C48H28N4S. The van der Waals surface area contributed by atoms with Gasteiger partial charge in [-0.2, -0.15) is 0 Å². The first-order valence-electron chi connectivity index (χ1n) is 17.9. The van der Waals surface area contributed by atoms with E-state index in [1.54, 1.807) is 11.3 Å². The van der Waals surface area contributed by atoms with Gasteiger partial charge >= 0.3 is 0 Å². The molecule has 0 amide bonds. The molecule has 0 atom stereocenters. The van der Waals surface area contributed by atoms with E-state index < -0.39 is 0 Å². The van der Waals surface area contributed by atoms with Gasteiger partial charge in [-0.3, -0.25) is 4.57 Å². The molecule has 0 N–H and O–H groups in total. The summed E-state index contributed by atoms with van der Waals surface area (Å²) in [5.74, 6) is 0.672. The summed E-state index contributed by atoms with van der Waals surface area (Å²) in [6.07, 6.45) is 0. The number of benzene rings is 8. The van der Waals surface area contributed by atoms with Crippen LogP contribution in [0.2, 0.25) is 0 Å². The van der Waals surface area contributed by atoms with E-state index in [0.717, 1.165) is 49.1 Å². The highest BCUT2D eigenvalue weighted by Gasteiger charge is 2.22. The van der Waals surface area contributed by atoms with E-state index in [-0.39, 0.29) is 0 Å². The van der Waals surface area contributed by atoms with Crippen molar-refractivity contribution in [3.05, 3.63) is 170 Å². The largest absolute Gasteiger partial charge is 0.309 e. The van der Waals surface area contributed by atoms with Crippen molar-refractivity contribution in [2.75, 3.05) is 0 Å². The molecule has 0 unspecified atom stereocenters. The van der Waals surface area contributed by atoms with E-state index in [2.05, 4.69) is 179 Å². The predicted molar refractivity (Wildman–Crippen MR) is 224 cm³/mol. The Morgan fingerprint density at radius 1 is 0.415 bits per heavy atom. The third-order valence-corrected chi connectivity index (χ3v) is 12.1. The standard InChI is InChI=1S/C48H28N4S/c1-2-15-33(16-3-1)51-39-20-10-8-18-35(39)36-24-22-32(28-41(36)51)45-47-46(37-19-9-11-21-43(37)53-47)50-48(49-45)52-40-25-23-29-12-6-7-17-34(29)44(40)38-26-30-13-4-5-14-31(30)27-42(38)52/h1-28H. The summed E-state index contributed by atoms with van der Waals surface area (Å²) < 4.78 is 6.96. The molecule has 0 bridgehead atoms. The maximum atomic E-state index is 5.59. The second-order valence-corrected chi connectivity index (χ2v) is 14.9. The number of fused-ring (bicyclic) bond motifs is 12. The van der Waals surface area contributed by atoms with Crippen LogP contribution < -0.4 is 0 Å². The number of thiophene rings is 1. The highest BCUT2D eigenvalue weighted by Crippen LogP contribution is 2.43. The van der Waals surface area contributed by atoms with E-state index in [0.29, 0.717) is 5.95 Å². The fourth-order valence-electron chi connectivity index (χ4n) is 8.54. The molecule has 0 aliphatic heterocycles. The fraction of sp³-hybridized carbons (Fsp3) is 0. The Balaban J connectivity index is 1.21. The summed E-state index contributed by atoms with van der Waals surface area (Å²) in [6, 6.07) is 61.2. The van der Waals surface area contributed by atoms with Crippen molar-refractivity contribution >= 4 is 96.8 Å². The molecule has 0 fully saturated rings. The van der Waals surface area contributed by atoms with Gasteiger partial charge in [0.05, 0.1) is 38.0 Å². The molecule has 0 saturated carbocycles. The molecule has 5 heteroatoms. The summed E-state index contributed by atoms with van der Waals surface area (Å²) in [4.78, 5) is 11.1. The SMILES string of the molecule is c1ccc(-n2c3ccccc3c3ccc(-c4nc(-n5c6cc7ccccc7cc6c6c7ccccc7ccc65)nc5c4sc4ccccc45)cc32)cc1. The number of nitrogens with zero attached hydrogens (tertiary/aromatic N) is 4. The highest BCUT2D eigenvalue weighted by atomic mass is 32.1. The van der Waals surface area contributed by atoms with Gasteiger partial charge in [0.25, 0.3) is 0 Å². The van der Waals surface area contributed by atoms with Crippen LogP contribution in [0.25, 0.3) is 108 Å². The Labute approximate surface area is 307 Å². The summed E-state index contributed by atoms with van der Waals surface area (Å²) in [7, 11) is 0. The van der Waals surface area contributed by atoms with Crippen LogP contribution in [-0.2, 0) is 0 Å². The number of hydrogen-bond donors (Lipinski definition) is 0. The van der Waals surface area contributed by atoms with Crippen molar-refractivity contribution < 1.29 is 0 Å². The minimum absolute atomic E-state index is 0.672. The normalized spacial score (nSPS) is 12.2. The topological polar surface area (TPSA) is 35.6 Å². The van der Waals surface area contributed by atoms with Gasteiger partial charge in [0, 0.05) is 42.9 Å². The van der Waals surface area contributed by atoms with Crippen molar-refractivity contribution in [1.82, 2.24) is 19.1 Å². The Hall–Kier alpha value is -6.82. The Morgan fingerprint density at radius 2 is 1.09 bits per heavy atom. The van der Waals surface area contributed by atoms with Crippen LogP contribution in [0.1, 0.15) is 0 Å². The minimum Gasteiger partial charge on any atom is -0.309 e. The van der Waals surface area contributed by atoms with E-state index in [1.807, 2.05) is 0 Å². The van der Waals surface area contributed by atoms with Crippen LogP contribution in [-0.4, -0.2) is 19.1 Å². The monoisotopic (exact) mass is 692 g/mol. The zero-order valence-electron chi connectivity index (χ0n) is 28.4. The number of para-hydroxylation sites is 2. The Morgan fingerprint density at radius 3 is 1.96 bits per heavy atom. The number of aromatic nitrogens is 4. The van der Waals surface area contributed by atoms with Crippen LogP contribution in [0.4, 0.5) is 0 Å². The zero-order chi connectivity index (χ0) is 34.6. The van der Waals surface area contributed by atoms with Gasteiger partial charge in [0.1, 0.15) is 0 Å². The molecular weight excluding hydrogens is 665 g/mol. The summed E-state index contributed by atoms with van der Waals surface area (Å²) >= 11 is 1.77. The lowest BCUT2D eigenvalue weighted by Gasteiger charge is -2.12. The van der Waals surface area contributed by atoms with Crippen molar-refractivity contribution in [2.45, 2.75) is 0 Å². The molecule has 4 aromatic heterocycles. The summed E-state index contributed by atoms with van der Waals surface area (Å²) in [5.41, 5.74) is 8.65.